The lowest BCUT2D eigenvalue weighted by atomic mass is 10.1. The second-order valence-electron chi connectivity index (χ2n) is 3.41. The maximum atomic E-state index is 11.6. The van der Waals surface area contributed by atoms with Gasteiger partial charge in [-0.3, -0.25) is 4.79 Å². The Morgan fingerprint density at radius 1 is 1.47 bits per heavy atom. The maximum absolute atomic E-state index is 11.6. The largest absolute Gasteiger partial charge is 0.465 e. The molecule has 0 aliphatic rings. The molecule has 0 fully saturated rings. The van der Waals surface area contributed by atoms with E-state index in [1.165, 1.54) is 19.2 Å². The Kier molecular flexibility index (Phi) is 2.88. The van der Waals surface area contributed by atoms with Crippen LogP contribution in [-0.4, -0.2) is 28.4 Å². The van der Waals surface area contributed by atoms with E-state index < -0.39 is 11.5 Å². The van der Waals surface area contributed by atoms with Gasteiger partial charge in [0.05, 0.1) is 30.4 Å². The van der Waals surface area contributed by atoms with Gasteiger partial charge in [-0.2, -0.15) is 5.10 Å². The normalized spacial score (nSPS) is 10.5. The molecule has 0 bridgehead atoms. The molecule has 1 aromatic heterocycles. The number of esters is 1. The lowest BCUT2D eigenvalue weighted by Gasteiger charge is -2.04. The summed E-state index contributed by atoms with van der Waals surface area (Å²) >= 11 is 0. The number of methoxy groups -OCH3 is 1. The van der Waals surface area contributed by atoms with E-state index in [1.54, 1.807) is 6.07 Å². The van der Waals surface area contributed by atoms with Crippen LogP contribution < -0.4 is 5.56 Å². The van der Waals surface area contributed by atoms with E-state index in [2.05, 4.69) is 14.9 Å². The average Bonchev–Trinajstić information content (AvgIpc) is 2.38. The lowest BCUT2D eigenvalue weighted by Crippen LogP contribution is -2.12. The number of ether oxygens (including phenoxy) is 1. The number of hydrogen-bond acceptors (Lipinski definition) is 5. The fourth-order valence-electron chi connectivity index (χ4n) is 1.59. The third-order valence-electron chi connectivity index (χ3n) is 2.44. The quantitative estimate of drug-likeness (QED) is 0.724. The smallest absolute Gasteiger partial charge is 0.337 e. The van der Waals surface area contributed by atoms with Crippen molar-refractivity contribution in [1.82, 2.24) is 10.2 Å². The summed E-state index contributed by atoms with van der Waals surface area (Å²) in [4.78, 5) is 22.9. The van der Waals surface area contributed by atoms with Crippen LogP contribution in [0, 0.1) is 0 Å². The number of aromatic amines is 1. The molecular formula is C11H10N2O4. The summed E-state index contributed by atoms with van der Waals surface area (Å²) in [6, 6.07) is 4.50. The zero-order chi connectivity index (χ0) is 12.4. The number of fused-ring (bicyclic) bond motifs is 1. The highest BCUT2D eigenvalue weighted by Gasteiger charge is 2.10. The van der Waals surface area contributed by atoms with E-state index in [0.29, 0.717) is 16.5 Å². The van der Waals surface area contributed by atoms with E-state index in [-0.39, 0.29) is 12.2 Å². The highest BCUT2D eigenvalue weighted by molar-refractivity contribution is 5.95. The van der Waals surface area contributed by atoms with E-state index in [1.807, 2.05) is 0 Å². The van der Waals surface area contributed by atoms with Gasteiger partial charge in [0.2, 0.25) is 0 Å². The molecule has 2 aromatic rings. The van der Waals surface area contributed by atoms with Gasteiger partial charge < -0.3 is 9.84 Å². The number of aliphatic hydroxyl groups is 1. The maximum Gasteiger partial charge on any atom is 0.337 e. The molecule has 0 radical (unpaired) electrons. The summed E-state index contributed by atoms with van der Waals surface area (Å²) in [5.74, 6) is -0.520. The first-order chi connectivity index (χ1) is 8.17. The van der Waals surface area contributed by atoms with Crippen molar-refractivity contribution in [1.29, 1.82) is 0 Å². The SMILES string of the molecule is COC(=O)c1ccc2c(CO)n[nH]c(=O)c2c1. The number of carbonyl (C=O) groups excluding carboxylic acids is 1. The predicted octanol–water partition coefficient (Wildman–Crippen LogP) is 0.202. The molecule has 2 rings (SSSR count). The summed E-state index contributed by atoms with van der Waals surface area (Å²) in [5, 5.41) is 15.9. The van der Waals surface area contributed by atoms with Gasteiger partial charge in [0.25, 0.3) is 5.56 Å². The van der Waals surface area contributed by atoms with Crippen molar-refractivity contribution < 1.29 is 14.6 Å². The van der Waals surface area contributed by atoms with Crippen LogP contribution in [0.15, 0.2) is 23.0 Å². The number of aliphatic hydroxyl groups excluding tert-OH is 1. The van der Waals surface area contributed by atoms with E-state index in [9.17, 15) is 9.59 Å². The molecule has 6 nitrogen and oxygen atoms in total. The van der Waals surface area contributed by atoms with Crippen molar-refractivity contribution in [3.8, 4) is 0 Å². The highest BCUT2D eigenvalue weighted by atomic mass is 16.5. The average molecular weight is 234 g/mol. The second-order valence-corrected chi connectivity index (χ2v) is 3.41. The Morgan fingerprint density at radius 3 is 2.88 bits per heavy atom. The zero-order valence-corrected chi connectivity index (χ0v) is 9.06. The van der Waals surface area contributed by atoms with Crippen molar-refractivity contribution in [3.05, 3.63) is 39.8 Å². The first kappa shape index (κ1) is 11.3. The molecule has 0 aliphatic carbocycles. The lowest BCUT2D eigenvalue weighted by molar-refractivity contribution is 0.0601. The highest BCUT2D eigenvalue weighted by Crippen LogP contribution is 2.15. The van der Waals surface area contributed by atoms with Crippen LogP contribution in [0.1, 0.15) is 16.1 Å². The summed E-state index contributed by atoms with van der Waals surface area (Å²) in [5.41, 5.74) is 0.222. The summed E-state index contributed by atoms with van der Waals surface area (Å²) in [6.07, 6.45) is 0. The second kappa shape index (κ2) is 4.34. The van der Waals surface area contributed by atoms with Crippen LogP contribution in [0.5, 0.6) is 0 Å². The summed E-state index contributed by atoms with van der Waals surface area (Å²) in [6.45, 7) is -0.287. The van der Waals surface area contributed by atoms with Crippen molar-refractivity contribution in [3.63, 3.8) is 0 Å². The van der Waals surface area contributed by atoms with Gasteiger partial charge in [-0.1, -0.05) is 6.07 Å². The first-order valence-electron chi connectivity index (χ1n) is 4.88. The number of nitrogens with one attached hydrogen (secondary N) is 1. The molecule has 1 aromatic carbocycles. The minimum Gasteiger partial charge on any atom is -0.465 e. The van der Waals surface area contributed by atoms with E-state index >= 15 is 0 Å². The molecular weight excluding hydrogens is 224 g/mol. The van der Waals surface area contributed by atoms with Crippen LogP contribution in [0.2, 0.25) is 0 Å². The molecule has 0 unspecified atom stereocenters. The van der Waals surface area contributed by atoms with Gasteiger partial charge in [-0.15, -0.1) is 0 Å². The van der Waals surface area contributed by atoms with Gasteiger partial charge >= 0.3 is 5.97 Å². The number of hydrogen-bond donors (Lipinski definition) is 2. The number of aromatic nitrogens is 2. The topological polar surface area (TPSA) is 92.3 Å². The number of carbonyl (C=O) groups is 1. The minimum atomic E-state index is -0.520. The van der Waals surface area contributed by atoms with Gasteiger partial charge in [0.1, 0.15) is 0 Å². The third-order valence-corrected chi connectivity index (χ3v) is 2.44. The van der Waals surface area contributed by atoms with Crippen molar-refractivity contribution >= 4 is 16.7 Å². The fourth-order valence-corrected chi connectivity index (χ4v) is 1.59. The van der Waals surface area contributed by atoms with Crippen molar-refractivity contribution in [2.45, 2.75) is 6.61 Å². The van der Waals surface area contributed by atoms with E-state index in [4.69, 9.17) is 5.11 Å². The Morgan fingerprint density at radius 2 is 2.24 bits per heavy atom. The molecule has 0 saturated heterocycles. The molecule has 88 valence electrons. The Bertz CT molecular complexity index is 633. The predicted molar refractivity (Wildman–Crippen MR) is 59.6 cm³/mol. The van der Waals surface area contributed by atoms with Crippen LogP contribution in [0.25, 0.3) is 10.8 Å². The molecule has 0 atom stereocenters. The number of benzene rings is 1. The van der Waals surface area contributed by atoms with Gasteiger partial charge in [0.15, 0.2) is 0 Å². The van der Waals surface area contributed by atoms with Crippen molar-refractivity contribution in [2.24, 2.45) is 0 Å². The first-order valence-corrected chi connectivity index (χ1v) is 4.88. The van der Waals surface area contributed by atoms with E-state index in [0.717, 1.165) is 0 Å². The third kappa shape index (κ3) is 1.90. The summed E-state index contributed by atoms with van der Waals surface area (Å²) < 4.78 is 4.57. The van der Waals surface area contributed by atoms with Crippen LogP contribution in [0.3, 0.4) is 0 Å². The minimum absolute atomic E-state index is 0.278. The molecule has 0 aliphatic heterocycles. The van der Waals surface area contributed by atoms with Gasteiger partial charge in [0, 0.05) is 5.39 Å². The van der Waals surface area contributed by atoms with Crippen molar-refractivity contribution in [2.75, 3.05) is 7.11 Å². The van der Waals surface area contributed by atoms with Crippen LogP contribution in [-0.2, 0) is 11.3 Å². The Labute approximate surface area is 95.8 Å². The van der Waals surface area contributed by atoms with Crippen LogP contribution >= 0.6 is 0 Å². The Balaban J connectivity index is 2.73. The monoisotopic (exact) mass is 234 g/mol. The number of nitrogens with zero attached hydrogens (tertiary/aromatic N) is 1. The molecule has 0 saturated carbocycles. The Hall–Kier alpha value is -2.21. The molecule has 0 spiro atoms. The molecule has 0 amide bonds. The molecule has 17 heavy (non-hydrogen) atoms. The van der Waals surface area contributed by atoms with Gasteiger partial charge in [-0.05, 0) is 12.1 Å². The molecule has 6 heteroatoms. The zero-order valence-electron chi connectivity index (χ0n) is 9.06. The van der Waals surface area contributed by atoms with Crippen LogP contribution in [0.4, 0.5) is 0 Å². The fraction of sp³-hybridized carbons (Fsp3) is 0.182. The van der Waals surface area contributed by atoms with Gasteiger partial charge in [-0.25, -0.2) is 9.89 Å². The number of rotatable bonds is 2. The molecule has 1 heterocycles. The standard InChI is InChI=1S/C11H10N2O4/c1-17-11(16)6-2-3-7-8(4-6)10(15)13-12-9(7)5-14/h2-4,14H,5H2,1H3,(H,13,15). The number of H-pyrrole nitrogens is 1. The summed E-state index contributed by atoms with van der Waals surface area (Å²) in [7, 11) is 1.27. The molecule has 2 N–H and O–H groups in total.